The molecule has 1 unspecified atom stereocenters. The Labute approximate surface area is 89.3 Å². The van der Waals surface area contributed by atoms with Crippen LogP contribution in [0.3, 0.4) is 0 Å². The molecule has 73 valence electrons. The SMILES string of the molecule is c1ccc([C]2OC2c2ccccc2)cc1. The third-order valence-corrected chi connectivity index (χ3v) is 2.59. The molecule has 0 bridgehead atoms. The number of epoxide rings is 1. The molecule has 3 rings (SSSR count). The quantitative estimate of drug-likeness (QED) is 0.669. The van der Waals surface area contributed by atoms with Crippen molar-refractivity contribution < 1.29 is 4.74 Å². The molecule has 1 atom stereocenters. The van der Waals surface area contributed by atoms with E-state index in [9.17, 15) is 0 Å². The average Bonchev–Trinajstić information content (AvgIpc) is 3.11. The van der Waals surface area contributed by atoms with Crippen LogP contribution in [0.2, 0.25) is 0 Å². The summed E-state index contributed by atoms with van der Waals surface area (Å²) in [5, 5.41) is 0. The fraction of sp³-hybridized carbons (Fsp3) is 0.0714. The smallest absolute Gasteiger partial charge is 0.160 e. The number of hydrogen-bond donors (Lipinski definition) is 0. The molecule has 1 saturated heterocycles. The van der Waals surface area contributed by atoms with E-state index in [4.69, 9.17) is 4.74 Å². The third kappa shape index (κ3) is 1.66. The Morgan fingerprint density at radius 3 is 2.00 bits per heavy atom. The summed E-state index contributed by atoms with van der Waals surface area (Å²) >= 11 is 0. The molecule has 0 saturated carbocycles. The maximum atomic E-state index is 5.61. The molecule has 1 aliphatic heterocycles. The van der Waals surface area contributed by atoms with Crippen LogP contribution in [0.1, 0.15) is 17.2 Å². The van der Waals surface area contributed by atoms with Crippen LogP contribution < -0.4 is 0 Å². The summed E-state index contributed by atoms with van der Waals surface area (Å²) in [7, 11) is 0. The zero-order valence-electron chi connectivity index (χ0n) is 8.26. The second-order valence-corrected chi connectivity index (χ2v) is 3.64. The molecule has 1 nitrogen and oxygen atoms in total. The van der Waals surface area contributed by atoms with E-state index in [2.05, 4.69) is 24.3 Å². The van der Waals surface area contributed by atoms with E-state index in [1.54, 1.807) is 0 Å². The summed E-state index contributed by atoms with van der Waals surface area (Å²) in [5.74, 6) is 0. The van der Waals surface area contributed by atoms with Gasteiger partial charge in [-0.1, -0.05) is 60.7 Å². The Kier molecular flexibility index (Phi) is 2.04. The van der Waals surface area contributed by atoms with Crippen molar-refractivity contribution in [1.82, 2.24) is 0 Å². The van der Waals surface area contributed by atoms with Gasteiger partial charge in [0.25, 0.3) is 0 Å². The van der Waals surface area contributed by atoms with Crippen LogP contribution in [0.4, 0.5) is 0 Å². The van der Waals surface area contributed by atoms with E-state index in [1.807, 2.05) is 36.4 Å². The first-order chi connectivity index (χ1) is 7.45. The van der Waals surface area contributed by atoms with E-state index in [0.29, 0.717) is 0 Å². The minimum Gasteiger partial charge on any atom is -0.352 e. The van der Waals surface area contributed by atoms with Gasteiger partial charge in [0, 0.05) is 0 Å². The van der Waals surface area contributed by atoms with E-state index >= 15 is 0 Å². The van der Waals surface area contributed by atoms with Crippen molar-refractivity contribution in [1.29, 1.82) is 0 Å². The van der Waals surface area contributed by atoms with Gasteiger partial charge in [0.2, 0.25) is 0 Å². The zero-order valence-corrected chi connectivity index (χ0v) is 8.26. The van der Waals surface area contributed by atoms with Gasteiger partial charge in [-0.15, -0.1) is 0 Å². The first kappa shape index (κ1) is 8.69. The predicted molar refractivity (Wildman–Crippen MR) is 59.1 cm³/mol. The molecule has 2 aromatic carbocycles. The van der Waals surface area contributed by atoms with Crippen LogP contribution in [0.25, 0.3) is 0 Å². The molecule has 15 heavy (non-hydrogen) atoms. The molecule has 0 spiro atoms. The van der Waals surface area contributed by atoms with Crippen LogP contribution >= 0.6 is 0 Å². The van der Waals surface area contributed by atoms with E-state index in [0.717, 1.165) is 6.10 Å². The molecule has 1 aliphatic rings. The summed E-state index contributed by atoms with van der Waals surface area (Å²) in [4.78, 5) is 0. The molecule has 1 heteroatoms. The lowest BCUT2D eigenvalue weighted by Gasteiger charge is -1.94. The molecule has 1 fully saturated rings. The number of hydrogen-bond acceptors (Lipinski definition) is 1. The first-order valence-corrected chi connectivity index (χ1v) is 5.09. The van der Waals surface area contributed by atoms with Gasteiger partial charge in [-0.2, -0.15) is 0 Å². The molecular formula is C14H11O. The van der Waals surface area contributed by atoms with Crippen LogP contribution in [-0.4, -0.2) is 0 Å². The summed E-state index contributed by atoms with van der Waals surface area (Å²) in [5.41, 5.74) is 2.42. The fourth-order valence-electron chi connectivity index (χ4n) is 1.76. The van der Waals surface area contributed by atoms with Gasteiger partial charge in [0.05, 0.1) is 0 Å². The molecule has 1 heterocycles. The van der Waals surface area contributed by atoms with Crippen LogP contribution in [0.15, 0.2) is 60.7 Å². The molecule has 0 N–H and O–H groups in total. The Bertz CT molecular complexity index is 392. The second kappa shape index (κ2) is 3.52. The number of rotatable bonds is 2. The highest BCUT2D eigenvalue weighted by Gasteiger charge is 2.42. The van der Waals surface area contributed by atoms with Gasteiger partial charge in [-0.25, -0.2) is 0 Å². The van der Waals surface area contributed by atoms with E-state index < -0.39 is 0 Å². The predicted octanol–water partition coefficient (Wildman–Crippen LogP) is 3.34. The van der Waals surface area contributed by atoms with E-state index in [1.165, 1.54) is 11.1 Å². The Morgan fingerprint density at radius 1 is 0.733 bits per heavy atom. The molecular weight excluding hydrogens is 184 g/mol. The van der Waals surface area contributed by atoms with Crippen LogP contribution in [0.5, 0.6) is 0 Å². The summed E-state index contributed by atoms with van der Waals surface area (Å²) in [6, 6.07) is 20.5. The standard InChI is InChI=1S/C14H11O/c1-3-7-11(8-4-1)13-14(15-13)12-9-5-2-6-10-12/h1-10,13H. The van der Waals surface area contributed by atoms with Gasteiger partial charge >= 0.3 is 0 Å². The zero-order chi connectivity index (χ0) is 10.1. The normalized spacial score (nSPS) is 20.1. The summed E-state index contributed by atoms with van der Waals surface area (Å²) in [6.07, 6.45) is 1.26. The molecule has 1 radical (unpaired) electrons. The van der Waals surface area contributed by atoms with Crippen LogP contribution in [0, 0.1) is 6.10 Å². The summed E-state index contributed by atoms with van der Waals surface area (Å²) in [6.45, 7) is 0. The van der Waals surface area contributed by atoms with Gasteiger partial charge in [-0.3, -0.25) is 0 Å². The maximum absolute atomic E-state index is 5.61. The maximum Gasteiger partial charge on any atom is 0.160 e. The lowest BCUT2D eigenvalue weighted by atomic mass is 10.0. The van der Waals surface area contributed by atoms with Gasteiger partial charge in [-0.05, 0) is 11.1 Å². The average molecular weight is 195 g/mol. The van der Waals surface area contributed by atoms with Gasteiger partial charge in [0.15, 0.2) is 6.10 Å². The van der Waals surface area contributed by atoms with Gasteiger partial charge in [0.1, 0.15) is 6.10 Å². The fourth-order valence-corrected chi connectivity index (χ4v) is 1.76. The van der Waals surface area contributed by atoms with E-state index in [-0.39, 0.29) is 6.10 Å². The van der Waals surface area contributed by atoms with Crippen molar-refractivity contribution in [3.63, 3.8) is 0 Å². The van der Waals surface area contributed by atoms with Gasteiger partial charge < -0.3 is 4.74 Å². The first-order valence-electron chi connectivity index (χ1n) is 5.09. The highest BCUT2D eigenvalue weighted by molar-refractivity contribution is 5.40. The lowest BCUT2D eigenvalue weighted by molar-refractivity contribution is 0.420. The Balaban J connectivity index is 1.81. The molecule has 0 amide bonds. The third-order valence-electron chi connectivity index (χ3n) is 2.59. The van der Waals surface area contributed by atoms with Crippen molar-refractivity contribution in [2.24, 2.45) is 0 Å². The largest absolute Gasteiger partial charge is 0.352 e. The second-order valence-electron chi connectivity index (χ2n) is 3.64. The molecule has 2 aromatic rings. The topological polar surface area (TPSA) is 12.5 Å². The lowest BCUT2D eigenvalue weighted by Crippen LogP contribution is -1.83. The Hall–Kier alpha value is -1.60. The highest BCUT2D eigenvalue weighted by atomic mass is 16.6. The minimum atomic E-state index is 0.175. The number of benzene rings is 2. The van der Waals surface area contributed by atoms with Crippen molar-refractivity contribution in [3.8, 4) is 0 Å². The van der Waals surface area contributed by atoms with Crippen molar-refractivity contribution >= 4 is 0 Å². The van der Waals surface area contributed by atoms with Crippen molar-refractivity contribution in [2.75, 3.05) is 0 Å². The molecule has 0 aliphatic carbocycles. The molecule has 0 aromatic heterocycles. The van der Waals surface area contributed by atoms with Crippen molar-refractivity contribution in [3.05, 3.63) is 77.9 Å². The Morgan fingerprint density at radius 2 is 1.33 bits per heavy atom. The highest BCUT2D eigenvalue weighted by Crippen LogP contribution is 2.49. The number of ether oxygens (including phenoxy) is 1. The van der Waals surface area contributed by atoms with Crippen LogP contribution in [-0.2, 0) is 4.74 Å². The van der Waals surface area contributed by atoms with Crippen molar-refractivity contribution in [2.45, 2.75) is 6.10 Å². The minimum absolute atomic E-state index is 0.175. The summed E-state index contributed by atoms with van der Waals surface area (Å²) < 4.78 is 5.61. The monoisotopic (exact) mass is 195 g/mol.